The zero-order valence-electron chi connectivity index (χ0n) is 15.1. The summed E-state index contributed by atoms with van der Waals surface area (Å²) in [6.07, 6.45) is 7.72. The van der Waals surface area contributed by atoms with Gasteiger partial charge in [-0.2, -0.15) is 0 Å². The quantitative estimate of drug-likeness (QED) is 0.921. The molecular weight excluding hydrogens is 324 g/mol. The predicted octanol–water partition coefficient (Wildman–Crippen LogP) is 3.16. The van der Waals surface area contributed by atoms with E-state index in [2.05, 4.69) is 4.98 Å². The van der Waals surface area contributed by atoms with Gasteiger partial charge >= 0.3 is 0 Å². The molecule has 1 N–H and O–H groups in total. The Labute approximate surface area is 154 Å². The fourth-order valence-electron chi connectivity index (χ4n) is 4.77. The minimum Gasteiger partial charge on any atom is -0.385 e. The molecule has 0 spiro atoms. The highest BCUT2D eigenvalue weighted by Crippen LogP contribution is 2.48. The SMILES string of the molecule is O=C(CCc1cccnc1)N1C[C@@H]2CCC[C@@](O)(c3ccccc3)[C@@H]2C1. The minimum absolute atomic E-state index is 0.140. The van der Waals surface area contributed by atoms with Gasteiger partial charge in [0.05, 0.1) is 5.60 Å². The topological polar surface area (TPSA) is 53.4 Å². The molecule has 0 bridgehead atoms. The zero-order chi connectivity index (χ0) is 18.0. The first-order valence-electron chi connectivity index (χ1n) is 9.61. The summed E-state index contributed by atoms with van der Waals surface area (Å²) in [5.74, 6) is 0.732. The molecule has 1 aromatic heterocycles. The summed E-state index contributed by atoms with van der Waals surface area (Å²) in [5, 5.41) is 11.5. The number of nitrogens with zero attached hydrogens (tertiary/aromatic N) is 2. The minimum atomic E-state index is -0.803. The summed E-state index contributed by atoms with van der Waals surface area (Å²) >= 11 is 0. The Morgan fingerprint density at radius 2 is 2.04 bits per heavy atom. The lowest BCUT2D eigenvalue weighted by Gasteiger charge is -2.41. The number of carbonyl (C=O) groups excluding carboxylic acids is 1. The van der Waals surface area contributed by atoms with Crippen molar-refractivity contribution in [2.24, 2.45) is 11.8 Å². The Morgan fingerprint density at radius 3 is 2.81 bits per heavy atom. The molecular formula is C22H26N2O2. The van der Waals surface area contributed by atoms with E-state index in [4.69, 9.17) is 0 Å². The number of amides is 1. The molecule has 2 heterocycles. The van der Waals surface area contributed by atoms with Crippen molar-refractivity contribution in [3.8, 4) is 0 Å². The molecule has 2 aromatic rings. The second-order valence-corrected chi connectivity index (χ2v) is 7.71. The van der Waals surface area contributed by atoms with E-state index < -0.39 is 5.60 Å². The molecule has 26 heavy (non-hydrogen) atoms. The highest BCUT2D eigenvalue weighted by Gasteiger charge is 2.50. The maximum atomic E-state index is 12.7. The highest BCUT2D eigenvalue weighted by molar-refractivity contribution is 5.76. The molecule has 4 nitrogen and oxygen atoms in total. The van der Waals surface area contributed by atoms with E-state index in [1.165, 1.54) is 0 Å². The number of aromatic nitrogens is 1. The molecule has 1 aliphatic carbocycles. The summed E-state index contributed by atoms with van der Waals surface area (Å²) in [7, 11) is 0. The maximum Gasteiger partial charge on any atom is 0.222 e. The van der Waals surface area contributed by atoms with Gasteiger partial charge in [-0.3, -0.25) is 9.78 Å². The summed E-state index contributed by atoms with van der Waals surface area (Å²) in [6, 6.07) is 13.9. The number of hydrogen-bond donors (Lipinski definition) is 1. The summed E-state index contributed by atoms with van der Waals surface area (Å²) in [6.45, 7) is 1.45. The number of carbonyl (C=O) groups is 1. The molecule has 2 aliphatic rings. The molecule has 1 amide bonds. The molecule has 2 fully saturated rings. The van der Waals surface area contributed by atoms with Gasteiger partial charge < -0.3 is 10.0 Å². The first-order chi connectivity index (χ1) is 12.7. The van der Waals surface area contributed by atoms with Crippen LogP contribution in [0.3, 0.4) is 0 Å². The smallest absolute Gasteiger partial charge is 0.222 e. The van der Waals surface area contributed by atoms with E-state index in [1.54, 1.807) is 6.20 Å². The first-order valence-corrected chi connectivity index (χ1v) is 9.61. The fraction of sp³-hybridized carbons (Fsp3) is 0.455. The van der Waals surface area contributed by atoms with Gasteiger partial charge in [0.15, 0.2) is 0 Å². The average Bonchev–Trinajstić information content (AvgIpc) is 3.14. The summed E-state index contributed by atoms with van der Waals surface area (Å²) in [5.41, 5.74) is 1.29. The van der Waals surface area contributed by atoms with Gasteiger partial charge in [0, 0.05) is 37.8 Å². The Morgan fingerprint density at radius 1 is 1.19 bits per heavy atom. The Kier molecular flexibility index (Phi) is 4.77. The van der Waals surface area contributed by atoms with Crippen LogP contribution in [0, 0.1) is 11.8 Å². The van der Waals surface area contributed by atoms with Gasteiger partial charge in [-0.05, 0) is 48.8 Å². The van der Waals surface area contributed by atoms with Crippen LogP contribution in [-0.4, -0.2) is 34.0 Å². The standard InChI is InChI=1S/C22H26N2O2/c25-21(11-10-17-6-5-13-23-14-17)24-15-18-7-4-12-22(26,20(18)16-24)19-8-2-1-3-9-19/h1-3,5-6,8-9,13-14,18,20,26H,4,7,10-12,15-16H2/t18-,20+,22+/m0/s1. The number of fused-ring (bicyclic) bond motifs is 1. The normalized spacial score (nSPS) is 28.0. The van der Waals surface area contributed by atoms with Crippen molar-refractivity contribution in [1.29, 1.82) is 0 Å². The third kappa shape index (κ3) is 3.26. The maximum absolute atomic E-state index is 12.7. The van der Waals surface area contributed by atoms with Crippen LogP contribution in [-0.2, 0) is 16.8 Å². The van der Waals surface area contributed by atoms with E-state index in [0.29, 0.717) is 18.9 Å². The van der Waals surface area contributed by atoms with Gasteiger partial charge in [0.1, 0.15) is 0 Å². The second kappa shape index (κ2) is 7.20. The van der Waals surface area contributed by atoms with Crippen LogP contribution in [0.1, 0.15) is 36.8 Å². The number of likely N-dealkylation sites (tertiary alicyclic amines) is 1. The average molecular weight is 350 g/mol. The number of benzene rings is 1. The van der Waals surface area contributed by atoms with E-state index >= 15 is 0 Å². The van der Waals surface area contributed by atoms with Gasteiger partial charge in [0.25, 0.3) is 0 Å². The van der Waals surface area contributed by atoms with Crippen molar-refractivity contribution in [3.63, 3.8) is 0 Å². The fourth-order valence-corrected chi connectivity index (χ4v) is 4.77. The van der Waals surface area contributed by atoms with Crippen LogP contribution in [0.4, 0.5) is 0 Å². The monoisotopic (exact) mass is 350 g/mol. The first kappa shape index (κ1) is 17.2. The highest BCUT2D eigenvalue weighted by atomic mass is 16.3. The third-order valence-corrected chi connectivity index (χ3v) is 6.16. The molecule has 1 saturated carbocycles. The van der Waals surface area contributed by atoms with Crippen LogP contribution in [0.15, 0.2) is 54.9 Å². The lowest BCUT2D eigenvalue weighted by Crippen LogP contribution is -2.42. The molecule has 4 rings (SSSR count). The Hall–Kier alpha value is -2.20. The van der Waals surface area contributed by atoms with Crippen LogP contribution >= 0.6 is 0 Å². The number of aryl methyl sites for hydroxylation is 1. The van der Waals surface area contributed by atoms with E-state index in [0.717, 1.165) is 43.4 Å². The number of pyridine rings is 1. The van der Waals surface area contributed by atoms with Gasteiger partial charge in [-0.1, -0.05) is 36.4 Å². The van der Waals surface area contributed by atoms with Crippen molar-refractivity contribution in [1.82, 2.24) is 9.88 Å². The second-order valence-electron chi connectivity index (χ2n) is 7.71. The van der Waals surface area contributed by atoms with Gasteiger partial charge in [-0.15, -0.1) is 0 Å². The van der Waals surface area contributed by atoms with Crippen LogP contribution in [0.5, 0.6) is 0 Å². The zero-order valence-corrected chi connectivity index (χ0v) is 15.1. The van der Waals surface area contributed by atoms with Crippen molar-refractivity contribution >= 4 is 5.91 Å². The molecule has 0 radical (unpaired) electrons. The van der Waals surface area contributed by atoms with Crippen LogP contribution < -0.4 is 0 Å². The lowest BCUT2D eigenvalue weighted by atomic mass is 9.67. The molecule has 0 unspecified atom stereocenters. The van der Waals surface area contributed by atoms with Crippen molar-refractivity contribution in [3.05, 3.63) is 66.0 Å². The van der Waals surface area contributed by atoms with Crippen LogP contribution in [0.25, 0.3) is 0 Å². The van der Waals surface area contributed by atoms with Crippen molar-refractivity contribution < 1.29 is 9.90 Å². The Bertz CT molecular complexity index is 749. The molecule has 136 valence electrons. The lowest BCUT2D eigenvalue weighted by molar-refractivity contribution is -0.130. The molecule has 3 atom stereocenters. The summed E-state index contributed by atoms with van der Waals surface area (Å²) in [4.78, 5) is 18.8. The third-order valence-electron chi connectivity index (χ3n) is 6.16. The van der Waals surface area contributed by atoms with E-state index in [-0.39, 0.29) is 11.8 Å². The molecule has 1 aliphatic heterocycles. The Balaban J connectivity index is 1.45. The van der Waals surface area contributed by atoms with Gasteiger partial charge in [-0.25, -0.2) is 0 Å². The van der Waals surface area contributed by atoms with E-state index in [1.807, 2.05) is 53.6 Å². The van der Waals surface area contributed by atoms with Crippen molar-refractivity contribution in [2.75, 3.05) is 13.1 Å². The number of hydrogen-bond acceptors (Lipinski definition) is 3. The van der Waals surface area contributed by atoms with Crippen molar-refractivity contribution in [2.45, 2.75) is 37.7 Å². The predicted molar refractivity (Wildman–Crippen MR) is 100 cm³/mol. The molecule has 1 aromatic carbocycles. The largest absolute Gasteiger partial charge is 0.385 e. The summed E-state index contributed by atoms with van der Waals surface area (Å²) < 4.78 is 0. The van der Waals surface area contributed by atoms with Crippen LogP contribution in [0.2, 0.25) is 0 Å². The number of aliphatic hydroxyl groups is 1. The molecule has 4 heteroatoms. The van der Waals surface area contributed by atoms with Gasteiger partial charge in [0.2, 0.25) is 5.91 Å². The number of rotatable bonds is 4. The van der Waals surface area contributed by atoms with E-state index in [9.17, 15) is 9.90 Å². The molecule has 1 saturated heterocycles.